The lowest BCUT2D eigenvalue weighted by molar-refractivity contribution is 0.270. The van der Waals surface area contributed by atoms with Gasteiger partial charge in [-0.3, -0.25) is 0 Å². The highest BCUT2D eigenvalue weighted by molar-refractivity contribution is 4.59. The lowest BCUT2D eigenvalue weighted by Crippen LogP contribution is -2.26. The molecule has 12 heavy (non-hydrogen) atoms. The third kappa shape index (κ3) is 6.62. The van der Waals surface area contributed by atoms with Gasteiger partial charge >= 0.3 is 0 Å². The van der Waals surface area contributed by atoms with Crippen molar-refractivity contribution >= 4 is 0 Å². The molecule has 0 saturated carbocycles. The van der Waals surface area contributed by atoms with Crippen molar-refractivity contribution in [2.45, 2.75) is 20.3 Å². The van der Waals surface area contributed by atoms with E-state index < -0.39 is 0 Å². The smallest absolute Gasteiger partial charge is 0.000433 e. The Labute approximate surface area is 77.5 Å². The van der Waals surface area contributed by atoms with Gasteiger partial charge in [0.1, 0.15) is 0 Å². The van der Waals surface area contributed by atoms with Crippen molar-refractivity contribution in [1.82, 2.24) is 9.80 Å². The molecular weight excluding hydrogens is 148 g/mol. The van der Waals surface area contributed by atoms with Gasteiger partial charge in [0, 0.05) is 6.54 Å². The SMILES string of the molecule is CCN(C)CC(C)CCN(C)C. The zero-order valence-electron chi connectivity index (χ0n) is 9.30. The van der Waals surface area contributed by atoms with E-state index >= 15 is 0 Å². The van der Waals surface area contributed by atoms with E-state index in [2.05, 4.69) is 44.8 Å². The van der Waals surface area contributed by atoms with E-state index in [1.54, 1.807) is 0 Å². The first-order chi connectivity index (χ1) is 5.56. The maximum absolute atomic E-state index is 2.38. The summed E-state index contributed by atoms with van der Waals surface area (Å²) in [7, 11) is 6.46. The maximum Gasteiger partial charge on any atom is 0.000433 e. The van der Waals surface area contributed by atoms with Crippen molar-refractivity contribution in [2.24, 2.45) is 5.92 Å². The molecule has 0 aliphatic carbocycles. The van der Waals surface area contributed by atoms with E-state index in [-0.39, 0.29) is 0 Å². The van der Waals surface area contributed by atoms with Gasteiger partial charge < -0.3 is 9.80 Å². The Morgan fingerprint density at radius 1 is 1.17 bits per heavy atom. The van der Waals surface area contributed by atoms with E-state index in [1.807, 2.05) is 0 Å². The highest BCUT2D eigenvalue weighted by atomic mass is 15.1. The monoisotopic (exact) mass is 172 g/mol. The van der Waals surface area contributed by atoms with Crippen LogP contribution in [0.15, 0.2) is 0 Å². The predicted molar refractivity (Wildman–Crippen MR) is 55.5 cm³/mol. The Morgan fingerprint density at radius 3 is 2.17 bits per heavy atom. The Balaban J connectivity index is 3.39. The Kier molecular flexibility index (Phi) is 6.39. The second-order valence-corrected chi connectivity index (χ2v) is 4.05. The summed E-state index contributed by atoms with van der Waals surface area (Å²) in [6.45, 7) is 8.13. The van der Waals surface area contributed by atoms with Crippen LogP contribution in [0.2, 0.25) is 0 Å². The summed E-state index contributed by atoms with van der Waals surface area (Å²) < 4.78 is 0. The van der Waals surface area contributed by atoms with Gasteiger partial charge in [-0.05, 0) is 46.6 Å². The van der Waals surface area contributed by atoms with Crippen molar-refractivity contribution < 1.29 is 0 Å². The average Bonchev–Trinajstić information content (AvgIpc) is 2.00. The van der Waals surface area contributed by atoms with Gasteiger partial charge in [-0.1, -0.05) is 13.8 Å². The molecule has 1 atom stereocenters. The molecule has 0 spiro atoms. The molecule has 0 aliphatic heterocycles. The molecule has 0 N–H and O–H groups in total. The molecule has 0 heterocycles. The molecule has 0 aliphatic rings. The van der Waals surface area contributed by atoms with Crippen LogP contribution in [-0.2, 0) is 0 Å². The van der Waals surface area contributed by atoms with Crippen molar-refractivity contribution in [3.8, 4) is 0 Å². The molecule has 0 saturated heterocycles. The van der Waals surface area contributed by atoms with Crippen molar-refractivity contribution in [3.05, 3.63) is 0 Å². The predicted octanol–water partition coefficient (Wildman–Crippen LogP) is 1.53. The van der Waals surface area contributed by atoms with Gasteiger partial charge in [0.2, 0.25) is 0 Å². The first-order valence-electron chi connectivity index (χ1n) is 4.89. The molecule has 0 rings (SSSR count). The van der Waals surface area contributed by atoms with Crippen LogP contribution in [-0.4, -0.2) is 50.6 Å². The molecule has 0 aromatic rings. The Bertz CT molecular complexity index is 102. The van der Waals surface area contributed by atoms with E-state index in [0.29, 0.717) is 0 Å². The van der Waals surface area contributed by atoms with E-state index in [0.717, 1.165) is 12.5 Å². The quantitative estimate of drug-likeness (QED) is 0.599. The number of hydrogen-bond donors (Lipinski definition) is 0. The Morgan fingerprint density at radius 2 is 1.75 bits per heavy atom. The second-order valence-electron chi connectivity index (χ2n) is 4.05. The van der Waals surface area contributed by atoms with Gasteiger partial charge in [0.05, 0.1) is 0 Å². The van der Waals surface area contributed by atoms with Gasteiger partial charge in [0.25, 0.3) is 0 Å². The van der Waals surface area contributed by atoms with Gasteiger partial charge in [0.15, 0.2) is 0 Å². The largest absolute Gasteiger partial charge is 0.309 e. The minimum absolute atomic E-state index is 0.817. The molecular formula is C10H24N2. The van der Waals surface area contributed by atoms with Crippen LogP contribution in [0, 0.1) is 5.92 Å². The first kappa shape index (κ1) is 11.9. The normalized spacial score (nSPS) is 14.2. The third-order valence-corrected chi connectivity index (χ3v) is 2.23. The highest BCUT2D eigenvalue weighted by Crippen LogP contribution is 2.03. The summed E-state index contributed by atoms with van der Waals surface area (Å²) in [4.78, 5) is 4.63. The molecule has 0 fully saturated rings. The van der Waals surface area contributed by atoms with Crippen LogP contribution < -0.4 is 0 Å². The fourth-order valence-corrected chi connectivity index (χ4v) is 1.23. The number of hydrogen-bond acceptors (Lipinski definition) is 2. The zero-order valence-corrected chi connectivity index (χ0v) is 9.30. The van der Waals surface area contributed by atoms with Crippen molar-refractivity contribution in [3.63, 3.8) is 0 Å². The number of nitrogens with zero attached hydrogens (tertiary/aromatic N) is 2. The summed E-state index contributed by atoms with van der Waals surface area (Å²) >= 11 is 0. The molecule has 0 amide bonds. The molecule has 2 nitrogen and oxygen atoms in total. The molecule has 2 heteroatoms. The summed E-state index contributed by atoms with van der Waals surface area (Å²) in [6, 6.07) is 0. The summed E-state index contributed by atoms with van der Waals surface area (Å²) in [5, 5.41) is 0. The van der Waals surface area contributed by atoms with E-state index in [9.17, 15) is 0 Å². The lowest BCUT2D eigenvalue weighted by Gasteiger charge is -2.20. The zero-order chi connectivity index (χ0) is 9.56. The van der Waals surface area contributed by atoms with Gasteiger partial charge in [-0.15, -0.1) is 0 Å². The molecule has 0 aromatic carbocycles. The van der Waals surface area contributed by atoms with Gasteiger partial charge in [-0.25, -0.2) is 0 Å². The van der Waals surface area contributed by atoms with Crippen LogP contribution in [0.25, 0.3) is 0 Å². The summed E-state index contributed by atoms with van der Waals surface area (Å²) in [5.74, 6) is 0.817. The van der Waals surface area contributed by atoms with E-state index in [4.69, 9.17) is 0 Å². The van der Waals surface area contributed by atoms with E-state index in [1.165, 1.54) is 19.5 Å². The number of rotatable bonds is 6. The summed E-state index contributed by atoms with van der Waals surface area (Å²) in [5.41, 5.74) is 0. The third-order valence-electron chi connectivity index (χ3n) is 2.23. The first-order valence-corrected chi connectivity index (χ1v) is 4.89. The van der Waals surface area contributed by atoms with Gasteiger partial charge in [-0.2, -0.15) is 0 Å². The minimum Gasteiger partial charge on any atom is -0.309 e. The summed E-state index contributed by atoms with van der Waals surface area (Å²) in [6.07, 6.45) is 1.30. The molecule has 1 unspecified atom stereocenters. The maximum atomic E-state index is 2.38. The highest BCUT2D eigenvalue weighted by Gasteiger charge is 2.04. The van der Waals surface area contributed by atoms with Crippen LogP contribution in [0.4, 0.5) is 0 Å². The van der Waals surface area contributed by atoms with Crippen molar-refractivity contribution in [2.75, 3.05) is 40.8 Å². The topological polar surface area (TPSA) is 6.48 Å². The molecule has 0 aromatic heterocycles. The standard InChI is InChI=1S/C10H24N2/c1-6-12(5)9-10(2)7-8-11(3)4/h10H,6-9H2,1-5H3. The fourth-order valence-electron chi connectivity index (χ4n) is 1.23. The fraction of sp³-hybridized carbons (Fsp3) is 1.00. The average molecular weight is 172 g/mol. The minimum atomic E-state index is 0.817. The van der Waals surface area contributed by atoms with Crippen LogP contribution in [0.3, 0.4) is 0 Å². The van der Waals surface area contributed by atoms with Crippen molar-refractivity contribution in [1.29, 1.82) is 0 Å². The second kappa shape index (κ2) is 6.44. The molecule has 0 bridgehead atoms. The van der Waals surface area contributed by atoms with Crippen LogP contribution in [0.1, 0.15) is 20.3 Å². The molecule has 74 valence electrons. The lowest BCUT2D eigenvalue weighted by atomic mass is 10.1. The van der Waals surface area contributed by atoms with Crippen LogP contribution >= 0.6 is 0 Å². The van der Waals surface area contributed by atoms with Crippen LogP contribution in [0.5, 0.6) is 0 Å². The Hall–Kier alpha value is -0.0800. The molecule has 0 radical (unpaired) electrons.